The van der Waals surface area contributed by atoms with Crippen LogP contribution in [0.3, 0.4) is 0 Å². The van der Waals surface area contributed by atoms with Gasteiger partial charge in [0.05, 0.1) is 43.6 Å². The molecular formula is C26H27N5O3. The van der Waals surface area contributed by atoms with Crippen molar-refractivity contribution in [2.24, 2.45) is 0 Å². The molecule has 1 amide bonds. The van der Waals surface area contributed by atoms with Gasteiger partial charge in [-0.05, 0) is 30.3 Å². The highest BCUT2D eigenvalue weighted by Gasteiger charge is 2.21. The summed E-state index contributed by atoms with van der Waals surface area (Å²) < 4.78 is 12.5. The summed E-state index contributed by atoms with van der Waals surface area (Å²) >= 11 is 0. The Balaban J connectivity index is 1.73. The Labute approximate surface area is 198 Å². The van der Waals surface area contributed by atoms with E-state index in [4.69, 9.17) is 14.6 Å². The lowest BCUT2D eigenvalue weighted by Crippen LogP contribution is -2.17. The number of nitrogens with zero attached hydrogens (tertiary/aromatic N) is 4. The van der Waals surface area contributed by atoms with Gasteiger partial charge < -0.3 is 14.8 Å². The second-order valence-corrected chi connectivity index (χ2v) is 8.74. The fourth-order valence-electron chi connectivity index (χ4n) is 3.43. The second kappa shape index (κ2) is 9.35. The number of amides is 1. The van der Waals surface area contributed by atoms with Crippen molar-refractivity contribution >= 4 is 11.6 Å². The molecule has 0 aliphatic carbocycles. The number of carbonyl (C=O) groups is 1. The van der Waals surface area contributed by atoms with Gasteiger partial charge >= 0.3 is 0 Å². The molecule has 4 rings (SSSR count). The molecule has 0 bridgehead atoms. The summed E-state index contributed by atoms with van der Waals surface area (Å²) in [4.78, 5) is 22.1. The maximum atomic E-state index is 13.3. The van der Waals surface area contributed by atoms with Crippen LogP contribution >= 0.6 is 0 Å². The first-order valence-electron chi connectivity index (χ1n) is 10.8. The highest BCUT2D eigenvalue weighted by atomic mass is 16.5. The number of carbonyl (C=O) groups excluding carboxylic acids is 1. The second-order valence-electron chi connectivity index (χ2n) is 8.74. The summed E-state index contributed by atoms with van der Waals surface area (Å²) in [6.07, 6.45) is 4.94. The number of benzene rings is 2. The number of hydrogen-bond donors (Lipinski definition) is 1. The van der Waals surface area contributed by atoms with Crippen LogP contribution in [-0.2, 0) is 5.41 Å². The first-order valence-corrected chi connectivity index (χ1v) is 10.8. The summed E-state index contributed by atoms with van der Waals surface area (Å²) in [5, 5.41) is 7.61. The van der Waals surface area contributed by atoms with Crippen LogP contribution in [0, 0.1) is 0 Å². The molecule has 0 spiro atoms. The van der Waals surface area contributed by atoms with E-state index in [9.17, 15) is 4.79 Å². The summed E-state index contributed by atoms with van der Waals surface area (Å²) in [6, 6.07) is 15.0. The quantitative estimate of drug-likeness (QED) is 0.443. The van der Waals surface area contributed by atoms with E-state index in [1.165, 1.54) is 0 Å². The molecule has 0 radical (unpaired) electrons. The summed E-state index contributed by atoms with van der Waals surface area (Å²) in [7, 11) is 3.15. The zero-order valence-electron chi connectivity index (χ0n) is 19.9. The number of methoxy groups -OCH3 is 2. The molecule has 2 aromatic heterocycles. The van der Waals surface area contributed by atoms with Crippen molar-refractivity contribution in [1.82, 2.24) is 19.7 Å². The van der Waals surface area contributed by atoms with E-state index < -0.39 is 0 Å². The first kappa shape index (κ1) is 23.0. The highest BCUT2D eigenvalue weighted by molar-refractivity contribution is 6.08. The lowest BCUT2D eigenvalue weighted by molar-refractivity contribution is 0.102. The Hall–Kier alpha value is -4.20. The average Bonchev–Trinajstić information content (AvgIpc) is 3.30. The summed E-state index contributed by atoms with van der Waals surface area (Å²) in [6.45, 7) is 6.11. The predicted octanol–water partition coefficient (Wildman–Crippen LogP) is 4.90. The number of aromatic nitrogens is 4. The standard InChI is InChI=1S/C26H27N5O3/c1-26(2,3)25-27-14-18(15-28-25)29-24(32)20-16-31(19-9-7-6-8-10-19)30-23(20)17-11-12-21(33-4)22(13-17)34-5/h6-16H,1-5H3,(H,29,32). The van der Waals surface area contributed by atoms with Gasteiger partial charge in [-0.1, -0.05) is 39.0 Å². The van der Waals surface area contributed by atoms with Crippen molar-refractivity contribution in [3.8, 4) is 28.4 Å². The van der Waals surface area contributed by atoms with Gasteiger partial charge in [0.1, 0.15) is 11.5 Å². The van der Waals surface area contributed by atoms with E-state index in [0.29, 0.717) is 34.3 Å². The predicted molar refractivity (Wildman–Crippen MR) is 131 cm³/mol. The molecule has 4 aromatic rings. The minimum absolute atomic E-state index is 0.181. The van der Waals surface area contributed by atoms with Crippen LogP contribution in [0.4, 0.5) is 5.69 Å². The molecule has 8 nitrogen and oxygen atoms in total. The zero-order chi connectivity index (χ0) is 24.3. The van der Waals surface area contributed by atoms with Gasteiger partial charge in [0.15, 0.2) is 11.5 Å². The molecule has 0 atom stereocenters. The van der Waals surface area contributed by atoms with Crippen LogP contribution in [0.2, 0.25) is 0 Å². The molecule has 2 aromatic carbocycles. The number of hydrogen-bond acceptors (Lipinski definition) is 6. The van der Waals surface area contributed by atoms with Crippen molar-refractivity contribution in [1.29, 1.82) is 0 Å². The first-order chi connectivity index (χ1) is 16.3. The van der Waals surface area contributed by atoms with Gasteiger partial charge in [-0.25, -0.2) is 14.6 Å². The van der Waals surface area contributed by atoms with Gasteiger partial charge in [0.2, 0.25) is 0 Å². The molecule has 0 unspecified atom stereocenters. The third-order valence-electron chi connectivity index (χ3n) is 5.22. The maximum Gasteiger partial charge on any atom is 0.259 e. The van der Waals surface area contributed by atoms with Crippen molar-refractivity contribution in [2.75, 3.05) is 19.5 Å². The third-order valence-corrected chi connectivity index (χ3v) is 5.22. The van der Waals surface area contributed by atoms with Crippen molar-refractivity contribution < 1.29 is 14.3 Å². The van der Waals surface area contributed by atoms with E-state index in [1.54, 1.807) is 49.6 Å². The molecule has 0 aliphatic rings. The lowest BCUT2D eigenvalue weighted by atomic mass is 9.96. The third kappa shape index (κ3) is 4.76. The molecule has 0 aliphatic heterocycles. The minimum Gasteiger partial charge on any atom is -0.493 e. The van der Waals surface area contributed by atoms with Gasteiger partial charge in [0.25, 0.3) is 5.91 Å². The normalized spacial score (nSPS) is 11.2. The lowest BCUT2D eigenvalue weighted by Gasteiger charge is -2.16. The van der Waals surface area contributed by atoms with E-state index >= 15 is 0 Å². The molecule has 0 fully saturated rings. The Morgan fingerprint density at radius 1 is 0.941 bits per heavy atom. The van der Waals surface area contributed by atoms with Gasteiger partial charge in [-0.15, -0.1) is 0 Å². The number of rotatable bonds is 6. The van der Waals surface area contributed by atoms with Crippen molar-refractivity contribution in [3.05, 3.63) is 78.5 Å². The number of nitrogens with one attached hydrogen (secondary N) is 1. The minimum atomic E-state index is -0.320. The van der Waals surface area contributed by atoms with E-state index in [1.807, 2.05) is 57.2 Å². The van der Waals surface area contributed by atoms with Gasteiger partial charge in [-0.2, -0.15) is 5.10 Å². The van der Waals surface area contributed by atoms with Crippen LogP contribution < -0.4 is 14.8 Å². The Morgan fingerprint density at radius 3 is 2.24 bits per heavy atom. The van der Waals surface area contributed by atoms with E-state index in [0.717, 1.165) is 11.3 Å². The Bertz CT molecular complexity index is 1290. The van der Waals surface area contributed by atoms with Crippen LogP contribution in [-0.4, -0.2) is 39.9 Å². The molecule has 0 saturated carbocycles. The van der Waals surface area contributed by atoms with Crippen LogP contribution in [0.15, 0.2) is 67.1 Å². The molecule has 8 heteroatoms. The summed E-state index contributed by atoms with van der Waals surface area (Å²) in [5.74, 6) is 1.52. The van der Waals surface area contributed by atoms with Gasteiger partial charge in [0, 0.05) is 17.2 Å². The molecular weight excluding hydrogens is 430 g/mol. The molecule has 34 heavy (non-hydrogen) atoms. The van der Waals surface area contributed by atoms with Crippen LogP contribution in [0.5, 0.6) is 11.5 Å². The average molecular weight is 458 g/mol. The SMILES string of the molecule is COc1ccc(-c2nn(-c3ccccc3)cc2C(=O)Nc2cnc(C(C)(C)C)nc2)cc1OC. The van der Waals surface area contributed by atoms with E-state index in [-0.39, 0.29) is 11.3 Å². The van der Waals surface area contributed by atoms with Crippen molar-refractivity contribution in [2.45, 2.75) is 26.2 Å². The van der Waals surface area contributed by atoms with Crippen LogP contribution in [0.25, 0.3) is 16.9 Å². The number of ether oxygens (including phenoxy) is 2. The van der Waals surface area contributed by atoms with Gasteiger partial charge in [-0.3, -0.25) is 4.79 Å². The van der Waals surface area contributed by atoms with Crippen molar-refractivity contribution in [3.63, 3.8) is 0 Å². The fraction of sp³-hybridized carbons (Fsp3) is 0.231. The summed E-state index contributed by atoms with van der Waals surface area (Å²) in [5.41, 5.74) is 2.78. The fourth-order valence-corrected chi connectivity index (χ4v) is 3.43. The molecule has 0 saturated heterocycles. The monoisotopic (exact) mass is 457 g/mol. The zero-order valence-corrected chi connectivity index (χ0v) is 19.9. The van der Waals surface area contributed by atoms with E-state index in [2.05, 4.69) is 15.3 Å². The smallest absolute Gasteiger partial charge is 0.259 e. The highest BCUT2D eigenvalue weighted by Crippen LogP contribution is 2.33. The number of anilines is 1. The molecule has 174 valence electrons. The Kier molecular flexibility index (Phi) is 6.32. The largest absolute Gasteiger partial charge is 0.493 e. The molecule has 1 N–H and O–H groups in total. The maximum absolute atomic E-state index is 13.3. The van der Waals surface area contributed by atoms with Crippen LogP contribution in [0.1, 0.15) is 37.0 Å². The topological polar surface area (TPSA) is 91.2 Å². The number of para-hydroxylation sites is 1. The molecule has 2 heterocycles. The Morgan fingerprint density at radius 2 is 1.62 bits per heavy atom.